The van der Waals surface area contributed by atoms with Gasteiger partial charge in [0, 0.05) is 5.69 Å². The molecule has 0 spiro atoms. The largest absolute Gasteiger partial charge is 0.375 e. The molecule has 2 rings (SSSR count). The Morgan fingerprint density at radius 2 is 2.00 bits per heavy atom. The van der Waals surface area contributed by atoms with Crippen LogP contribution < -0.4 is 10.6 Å². The van der Waals surface area contributed by atoms with Crippen molar-refractivity contribution in [3.63, 3.8) is 0 Å². The van der Waals surface area contributed by atoms with Crippen LogP contribution in [0, 0.1) is 6.92 Å². The molecule has 0 aromatic heterocycles. The molecule has 0 heterocycles. The van der Waals surface area contributed by atoms with E-state index in [4.69, 9.17) is 11.6 Å². The predicted octanol–water partition coefficient (Wildman–Crippen LogP) is 4.46. The Morgan fingerprint density at radius 1 is 1.25 bits per heavy atom. The number of carbonyl (C=O) groups is 1. The van der Waals surface area contributed by atoms with Crippen LogP contribution in [0.3, 0.4) is 0 Å². The summed E-state index contributed by atoms with van der Waals surface area (Å²) in [4.78, 5) is 11.9. The van der Waals surface area contributed by atoms with Gasteiger partial charge in [-0.05, 0) is 52.7 Å². The van der Waals surface area contributed by atoms with Crippen molar-refractivity contribution in [1.82, 2.24) is 0 Å². The fourth-order valence-corrected chi connectivity index (χ4v) is 2.32. The third kappa shape index (κ3) is 3.99. The summed E-state index contributed by atoms with van der Waals surface area (Å²) >= 11 is 9.37. The number of aryl methyl sites for hydroxylation is 1. The minimum Gasteiger partial charge on any atom is -0.375 e. The lowest BCUT2D eigenvalue weighted by Gasteiger charge is -2.10. The molecule has 0 bridgehead atoms. The van der Waals surface area contributed by atoms with Crippen LogP contribution in [0.15, 0.2) is 46.9 Å². The van der Waals surface area contributed by atoms with Crippen LogP contribution in [0.2, 0.25) is 5.02 Å². The van der Waals surface area contributed by atoms with E-state index in [2.05, 4.69) is 26.6 Å². The summed E-state index contributed by atoms with van der Waals surface area (Å²) in [6.45, 7) is 2.16. The third-order valence-electron chi connectivity index (χ3n) is 2.69. The molecule has 0 unspecified atom stereocenters. The van der Waals surface area contributed by atoms with Crippen LogP contribution >= 0.6 is 27.5 Å². The molecule has 104 valence electrons. The van der Waals surface area contributed by atoms with Crippen molar-refractivity contribution in [2.45, 2.75) is 6.92 Å². The summed E-state index contributed by atoms with van der Waals surface area (Å²) in [5.41, 5.74) is 2.69. The van der Waals surface area contributed by atoms with Gasteiger partial charge >= 0.3 is 0 Å². The predicted molar refractivity (Wildman–Crippen MR) is 87.5 cm³/mol. The van der Waals surface area contributed by atoms with Gasteiger partial charge in [0.15, 0.2) is 0 Å². The van der Waals surface area contributed by atoms with E-state index >= 15 is 0 Å². The molecular formula is C15H14BrClN2O. The molecule has 0 atom stereocenters. The van der Waals surface area contributed by atoms with Gasteiger partial charge in [0.2, 0.25) is 5.91 Å². The monoisotopic (exact) mass is 352 g/mol. The minimum absolute atomic E-state index is 0.109. The standard InChI is InChI=1S/C15H14BrClN2O/c1-10-4-2-5-11(8-10)19-14(20)9-18-13-7-3-6-12(17)15(13)16/h2-8,18H,9H2,1H3,(H,19,20). The van der Waals surface area contributed by atoms with Crippen LogP contribution in [-0.2, 0) is 4.79 Å². The molecule has 2 aromatic carbocycles. The first-order valence-corrected chi connectivity index (χ1v) is 7.28. The number of benzene rings is 2. The van der Waals surface area contributed by atoms with Gasteiger partial charge in [-0.2, -0.15) is 0 Å². The smallest absolute Gasteiger partial charge is 0.243 e. The van der Waals surface area contributed by atoms with E-state index in [9.17, 15) is 4.79 Å². The minimum atomic E-state index is -0.109. The Morgan fingerprint density at radius 3 is 2.75 bits per heavy atom. The molecule has 2 aromatic rings. The van der Waals surface area contributed by atoms with Gasteiger partial charge in [0.05, 0.1) is 21.7 Å². The number of amides is 1. The van der Waals surface area contributed by atoms with E-state index in [1.54, 1.807) is 6.07 Å². The Bertz CT molecular complexity index is 631. The maximum absolute atomic E-state index is 11.9. The van der Waals surface area contributed by atoms with Crippen LogP contribution in [0.4, 0.5) is 11.4 Å². The number of halogens is 2. The number of rotatable bonds is 4. The fourth-order valence-electron chi connectivity index (χ4n) is 1.74. The quantitative estimate of drug-likeness (QED) is 0.852. The molecule has 1 amide bonds. The van der Waals surface area contributed by atoms with E-state index in [0.717, 1.165) is 21.4 Å². The SMILES string of the molecule is Cc1cccc(NC(=O)CNc2cccc(Cl)c2Br)c1. The van der Waals surface area contributed by atoms with Crippen LogP contribution in [0.25, 0.3) is 0 Å². The average Bonchev–Trinajstić information content (AvgIpc) is 2.40. The molecule has 2 N–H and O–H groups in total. The second-order valence-corrected chi connectivity index (χ2v) is 5.57. The van der Waals surface area contributed by atoms with E-state index < -0.39 is 0 Å². The molecule has 5 heteroatoms. The van der Waals surface area contributed by atoms with Gasteiger partial charge in [-0.3, -0.25) is 4.79 Å². The second-order valence-electron chi connectivity index (χ2n) is 4.37. The van der Waals surface area contributed by atoms with Gasteiger partial charge in [-0.1, -0.05) is 29.8 Å². The van der Waals surface area contributed by atoms with Crippen LogP contribution in [0.1, 0.15) is 5.56 Å². The van der Waals surface area contributed by atoms with Gasteiger partial charge in [-0.25, -0.2) is 0 Å². The summed E-state index contributed by atoms with van der Waals surface area (Å²) in [7, 11) is 0. The molecular weight excluding hydrogens is 340 g/mol. The zero-order valence-electron chi connectivity index (χ0n) is 10.9. The number of hydrogen-bond donors (Lipinski definition) is 2. The highest BCUT2D eigenvalue weighted by Gasteiger charge is 2.06. The summed E-state index contributed by atoms with van der Waals surface area (Å²) in [6.07, 6.45) is 0. The molecule has 3 nitrogen and oxygen atoms in total. The molecule has 0 aliphatic carbocycles. The maximum Gasteiger partial charge on any atom is 0.243 e. The van der Waals surface area contributed by atoms with Crippen molar-refractivity contribution in [2.24, 2.45) is 0 Å². The highest BCUT2D eigenvalue weighted by molar-refractivity contribution is 9.10. The van der Waals surface area contributed by atoms with E-state index in [1.807, 2.05) is 43.3 Å². The third-order valence-corrected chi connectivity index (χ3v) is 4.09. The van der Waals surface area contributed by atoms with Crippen molar-refractivity contribution in [2.75, 3.05) is 17.2 Å². The molecule has 0 aliphatic rings. The van der Waals surface area contributed by atoms with Crippen LogP contribution in [-0.4, -0.2) is 12.5 Å². The first-order valence-electron chi connectivity index (χ1n) is 6.10. The van der Waals surface area contributed by atoms with Gasteiger partial charge in [-0.15, -0.1) is 0 Å². The summed E-state index contributed by atoms with van der Waals surface area (Å²) in [5, 5.41) is 6.49. The Hall–Kier alpha value is -1.52. The normalized spacial score (nSPS) is 10.2. The highest BCUT2D eigenvalue weighted by Crippen LogP contribution is 2.29. The molecule has 0 radical (unpaired) electrons. The lowest BCUT2D eigenvalue weighted by molar-refractivity contribution is -0.114. The maximum atomic E-state index is 11.9. The lowest BCUT2D eigenvalue weighted by atomic mass is 10.2. The van der Waals surface area contributed by atoms with Crippen molar-refractivity contribution in [3.05, 3.63) is 57.5 Å². The first-order chi connectivity index (χ1) is 9.56. The molecule has 0 saturated carbocycles. The Kier molecular flexibility index (Phi) is 5.04. The topological polar surface area (TPSA) is 41.1 Å². The number of anilines is 2. The summed E-state index contributed by atoms with van der Waals surface area (Å²) in [5.74, 6) is -0.109. The van der Waals surface area contributed by atoms with Gasteiger partial charge in [0.25, 0.3) is 0 Å². The van der Waals surface area contributed by atoms with E-state index in [1.165, 1.54) is 0 Å². The Balaban J connectivity index is 1.94. The van der Waals surface area contributed by atoms with E-state index in [-0.39, 0.29) is 12.5 Å². The fraction of sp³-hybridized carbons (Fsp3) is 0.133. The lowest BCUT2D eigenvalue weighted by Crippen LogP contribution is -2.21. The van der Waals surface area contributed by atoms with Gasteiger partial charge in [0.1, 0.15) is 0 Å². The molecule has 0 aliphatic heterocycles. The molecule has 20 heavy (non-hydrogen) atoms. The number of hydrogen-bond acceptors (Lipinski definition) is 2. The average molecular weight is 354 g/mol. The summed E-state index contributed by atoms with van der Waals surface area (Å²) < 4.78 is 0.755. The van der Waals surface area contributed by atoms with Crippen LogP contribution in [0.5, 0.6) is 0 Å². The highest BCUT2D eigenvalue weighted by atomic mass is 79.9. The van der Waals surface area contributed by atoms with Crippen molar-refractivity contribution in [3.8, 4) is 0 Å². The zero-order valence-corrected chi connectivity index (χ0v) is 13.3. The van der Waals surface area contributed by atoms with Gasteiger partial charge < -0.3 is 10.6 Å². The molecule has 0 saturated heterocycles. The zero-order chi connectivity index (χ0) is 14.5. The van der Waals surface area contributed by atoms with E-state index in [0.29, 0.717) is 5.02 Å². The second kappa shape index (κ2) is 6.77. The Labute approximate surface area is 131 Å². The summed E-state index contributed by atoms with van der Waals surface area (Å²) in [6, 6.07) is 13.1. The first kappa shape index (κ1) is 14.9. The van der Waals surface area contributed by atoms with Crippen molar-refractivity contribution in [1.29, 1.82) is 0 Å². The molecule has 0 fully saturated rings. The van der Waals surface area contributed by atoms with Crippen molar-refractivity contribution >= 4 is 44.8 Å². The number of carbonyl (C=O) groups excluding carboxylic acids is 1. The van der Waals surface area contributed by atoms with Crippen molar-refractivity contribution < 1.29 is 4.79 Å². The number of nitrogens with one attached hydrogen (secondary N) is 2.